The Labute approximate surface area is 116 Å². The van der Waals surface area contributed by atoms with Gasteiger partial charge in [0.1, 0.15) is 0 Å². The van der Waals surface area contributed by atoms with Gasteiger partial charge >= 0.3 is 0 Å². The summed E-state index contributed by atoms with van der Waals surface area (Å²) in [5.74, 6) is 0.246. The minimum absolute atomic E-state index is 0.0405. The summed E-state index contributed by atoms with van der Waals surface area (Å²) in [7, 11) is 0. The van der Waals surface area contributed by atoms with Crippen LogP contribution in [0.3, 0.4) is 0 Å². The fraction of sp³-hybridized carbons (Fsp3) is 0.933. The lowest BCUT2D eigenvalue weighted by atomic mass is 9.76. The van der Waals surface area contributed by atoms with Crippen molar-refractivity contribution in [3.63, 3.8) is 0 Å². The third kappa shape index (κ3) is 4.77. The molecule has 2 unspecified atom stereocenters. The van der Waals surface area contributed by atoms with E-state index in [1.807, 2.05) is 20.8 Å². The van der Waals surface area contributed by atoms with Crippen molar-refractivity contribution in [3.05, 3.63) is 0 Å². The molecular formula is C15H29NO3. The molecule has 19 heavy (non-hydrogen) atoms. The quantitative estimate of drug-likeness (QED) is 0.690. The monoisotopic (exact) mass is 271 g/mol. The summed E-state index contributed by atoms with van der Waals surface area (Å²) in [6.45, 7) is 5.67. The van der Waals surface area contributed by atoms with Crippen LogP contribution in [0.5, 0.6) is 0 Å². The Morgan fingerprint density at radius 2 is 1.89 bits per heavy atom. The van der Waals surface area contributed by atoms with E-state index < -0.39 is 11.6 Å². The first-order chi connectivity index (χ1) is 8.89. The smallest absolute Gasteiger partial charge is 0.223 e. The molecule has 1 rings (SSSR count). The molecule has 0 bridgehead atoms. The predicted octanol–water partition coefficient (Wildman–Crippen LogP) is 1.84. The number of nitrogens with one attached hydrogen (secondary N) is 1. The van der Waals surface area contributed by atoms with Crippen LogP contribution >= 0.6 is 0 Å². The topological polar surface area (TPSA) is 69.6 Å². The van der Waals surface area contributed by atoms with Crippen molar-refractivity contribution in [1.82, 2.24) is 5.32 Å². The largest absolute Gasteiger partial charge is 0.394 e. The van der Waals surface area contributed by atoms with E-state index in [1.165, 1.54) is 19.3 Å². The number of amides is 1. The predicted molar refractivity (Wildman–Crippen MR) is 75.7 cm³/mol. The van der Waals surface area contributed by atoms with Gasteiger partial charge < -0.3 is 15.5 Å². The van der Waals surface area contributed by atoms with Crippen LogP contribution in [0.2, 0.25) is 0 Å². The average Bonchev–Trinajstić information content (AvgIpc) is 2.39. The molecule has 0 aromatic rings. The van der Waals surface area contributed by atoms with E-state index in [9.17, 15) is 15.0 Å². The fourth-order valence-corrected chi connectivity index (χ4v) is 2.81. The van der Waals surface area contributed by atoms with Crippen molar-refractivity contribution in [3.8, 4) is 0 Å². The fourth-order valence-electron chi connectivity index (χ4n) is 2.81. The molecule has 4 heteroatoms. The molecule has 0 aromatic carbocycles. The molecule has 1 aliphatic rings. The van der Waals surface area contributed by atoms with Crippen LogP contribution in [0.15, 0.2) is 0 Å². The van der Waals surface area contributed by atoms with E-state index >= 15 is 0 Å². The Balaban J connectivity index is 2.56. The molecule has 1 saturated carbocycles. The van der Waals surface area contributed by atoms with Gasteiger partial charge in [0.25, 0.3) is 0 Å². The maximum atomic E-state index is 12.0. The minimum atomic E-state index is -0.616. The van der Waals surface area contributed by atoms with Crippen molar-refractivity contribution >= 4 is 5.91 Å². The van der Waals surface area contributed by atoms with Crippen LogP contribution in [-0.4, -0.2) is 34.4 Å². The highest BCUT2D eigenvalue weighted by Crippen LogP contribution is 2.32. The van der Waals surface area contributed by atoms with Gasteiger partial charge in [0.05, 0.1) is 24.7 Å². The number of aliphatic hydroxyl groups is 2. The molecule has 3 N–H and O–H groups in total. The highest BCUT2D eigenvalue weighted by Gasteiger charge is 2.36. The van der Waals surface area contributed by atoms with E-state index in [0.717, 1.165) is 12.8 Å². The van der Waals surface area contributed by atoms with E-state index in [4.69, 9.17) is 0 Å². The van der Waals surface area contributed by atoms with Crippen LogP contribution in [0.1, 0.15) is 59.3 Å². The summed E-state index contributed by atoms with van der Waals surface area (Å²) in [6, 6.07) is 0. The van der Waals surface area contributed by atoms with E-state index in [2.05, 4.69) is 5.32 Å². The van der Waals surface area contributed by atoms with Gasteiger partial charge in [-0.25, -0.2) is 0 Å². The molecule has 1 amide bonds. The average molecular weight is 271 g/mol. The standard InChI is InChI=1S/C15H29NO3/c1-11(2)13(18)9-14(19)16-15(3,10-17)12-7-5-4-6-8-12/h11-13,17-18H,4-10H2,1-3H3,(H,16,19). The first-order valence-corrected chi connectivity index (χ1v) is 7.49. The van der Waals surface area contributed by atoms with Gasteiger partial charge in [0.2, 0.25) is 5.91 Å². The third-order valence-electron chi connectivity index (χ3n) is 4.42. The van der Waals surface area contributed by atoms with Gasteiger partial charge in [-0.2, -0.15) is 0 Å². The molecule has 1 fully saturated rings. The zero-order chi connectivity index (χ0) is 14.5. The van der Waals surface area contributed by atoms with Crippen LogP contribution < -0.4 is 5.32 Å². The van der Waals surface area contributed by atoms with E-state index in [1.54, 1.807) is 0 Å². The number of hydrogen-bond acceptors (Lipinski definition) is 3. The van der Waals surface area contributed by atoms with E-state index in [-0.39, 0.29) is 24.9 Å². The molecule has 1 aliphatic carbocycles. The second-order valence-corrected chi connectivity index (χ2v) is 6.47. The van der Waals surface area contributed by atoms with Crippen molar-refractivity contribution in [1.29, 1.82) is 0 Å². The summed E-state index contributed by atoms with van der Waals surface area (Å²) in [4.78, 5) is 12.0. The Bertz CT molecular complexity index is 287. The van der Waals surface area contributed by atoms with Crippen molar-refractivity contribution in [2.45, 2.75) is 70.9 Å². The summed E-state index contributed by atoms with van der Waals surface area (Å²) in [5, 5.41) is 22.4. The molecular weight excluding hydrogens is 242 g/mol. The van der Waals surface area contributed by atoms with Crippen molar-refractivity contribution < 1.29 is 15.0 Å². The first kappa shape index (κ1) is 16.4. The van der Waals surface area contributed by atoms with Crippen LogP contribution in [0.4, 0.5) is 0 Å². The van der Waals surface area contributed by atoms with Gasteiger partial charge in [-0.1, -0.05) is 33.1 Å². The van der Waals surface area contributed by atoms with Crippen LogP contribution in [0, 0.1) is 11.8 Å². The molecule has 112 valence electrons. The van der Waals surface area contributed by atoms with Gasteiger partial charge in [-0.05, 0) is 31.6 Å². The lowest BCUT2D eigenvalue weighted by molar-refractivity contribution is -0.127. The first-order valence-electron chi connectivity index (χ1n) is 7.49. The Kier molecular flexibility index (Phi) is 6.27. The Morgan fingerprint density at radius 3 is 2.37 bits per heavy atom. The maximum Gasteiger partial charge on any atom is 0.223 e. The summed E-state index contributed by atoms with van der Waals surface area (Å²) in [6.07, 6.45) is 5.20. The highest BCUT2D eigenvalue weighted by atomic mass is 16.3. The maximum absolute atomic E-state index is 12.0. The van der Waals surface area contributed by atoms with Crippen molar-refractivity contribution in [2.24, 2.45) is 11.8 Å². The van der Waals surface area contributed by atoms with Gasteiger partial charge in [-0.3, -0.25) is 4.79 Å². The molecule has 4 nitrogen and oxygen atoms in total. The normalized spacial score (nSPS) is 22.0. The summed E-state index contributed by atoms with van der Waals surface area (Å²) in [5.41, 5.74) is -0.547. The number of hydrogen-bond donors (Lipinski definition) is 3. The zero-order valence-corrected chi connectivity index (χ0v) is 12.5. The van der Waals surface area contributed by atoms with E-state index in [0.29, 0.717) is 5.92 Å². The molecule has 2 atom stereocenters. The van der Waals surface area contributed by atoms with Crippen LogP contribution in [-0.2, 0) is 4.79 Å². The number of rotatable bonds is 6. The summed E-state index contributed by atoms with van der Waals surface area (Å²) < 4.78 is 0. The lowest BCUT2D eigenvalue weighted by Gasteiger charge is -2.39. The molecule has 0 aliphatic heterocycles. The third-order valence-corrected chi connectivity index (χ3v) is 4.42. The zero-order valence-electron chi connectivity index (χ0n) is 12.5. The molecule has 0 spiro atoms. The Morgan fingerprint density at radius 1 is 1.32 bits per heavy atom. The lowest BCUT2D eigenvalue weighted by Crippen LogP contribution is -2.55. The number of carbonyl (C=O) groups excluding carboxylic acids is 1. The molecule has 0 heterocycles. The Hall–Kier alpha value is -0.610. The molecule has 0 radical (unpaired) electrons. The second-order valence-electron chi connectivity index (χ2n) is 6.47. The molecule has 0 aromatic heterocycles. The second kappa shape index (κ2) is 7.25. The minimum Gasteiger partial charge on any atom is -0.394 e. The number of carbonyl (C=O) groups is 1. The van der Waals surface area contributed by atoms with Gasteiger partial charge in [-0.15, -0.1) is 0 Å². The van der Waals surface area contributed by atoms with Crippen LogP contribution in [0.25, 0.3) is 0 Å². The molecule has 0 saturated heterocycles. The summed E-state index contributed by atoms with van der Waals surface area (Å²) >= 11 is 0. The number of aliphatic hydroxyl groups excluding tert-OH is 2. The van der Waals surface area contributed by atoms with Gasteiger partial charge in [0.15, 0.2) is 0 Å². The highest BCUT2D eigenvalue weighted by molar-refractivity contribution is 5.77. The van der Waals surface area contributed by atoms with Gasteiger partial charge in [0, 0.05) is 0 Å². The SMILES string of the molecule is CC(C)C(O)CC(=O)NC(C)(CO)C1CCCCC1. The van der Waals surface area contributed by atoms with Crippen molar-refractivity contribution in [2.75, 3.05) is 6.61 Å².